The molecule has 0 atom stereocenters. The number of hydrogen-bond acceptors (Lipinski definition) is 3. The first-order valence-electron chi connectivity index (χ1n) is 5.85. The van der Waals surface area contributed by atoms with Crippen LogP contribution in [-0.4, -0.2) is 31.1 Å². The Labute approximate surface area is 102 Å². The van der Waals surface area contributed by atoms with Gasteiger partial charge in [-0.25, -0.2) is 4.39 Å². The predicted octanol–water partition coefficient (Wildman–Crippen LogP) is 2.00. The highest BCUT2D eigenvalue weighted by atomic mass is 19.1. The summed E-state index contributed by atoms with van der Waals surface area (Å²) < 4.78 is 18.4. The second kappa shape index (κ2) is 6.57. The van der Waals surface area contributed by atoms with Gasteiger partial charge in [0.05, 0.1) is 7.11 Å². The van der Waals surface area contributed by atoms with Crippen molar-refractivity contribution in [3.63, 3.8) is 0 Å². The van der Waals surface area contributed by atoms with Crippen molar-refractivity contribution in [1.82, 2.24) is 4.90 Å². The molecule has 0 saturated heterocycles. The summed E-state index contributed by atoms with van der Waals surface area (Å²) in [7, 11) is 1.47. The van der Waals surface area contributed by atoms with E-state index in [1.807, 2.05) is 6.07 Å². The van der Waals surface area contributed by atoms with E-state index in [9.17, 15) is 4.39 Å². The molecule has 1 aromatic carbocycles. The number of nitrogens with two attached hydrogens (primary N) is 1. The van der Waals surface area contributed by atoms with Crippen molar-refractivity contribution in [2.24, 2.45) is 5.73 Å². The third-order valence-corrected chi connectivity index (χ3v) is 2.75. The van der Waals surface area contributed by atoms with Gasteiger partial charge in [-0.15, -0.1) is 0 Å². The minimum absolute atomic E-state index is 0.281. The van der Waals surface area contributed by atoms with Crippen molar-refractivity contribution in [3.8, 4) is 5.75 Å². The largest absolute Gasteiger partial charge is 0.494 e. The molecule has 0 aliphatic heterocycles. The minimum atomic E-state index is -0.318. The number of halogens is 1. The van der Waals surface area contributed by atoms with Crippen LogP contribution in [-0.2, 0) is 6.54 Å². The Morgan fingerprint density at radius 2 is 2.12 bits per heavy atom. The fourth-order valence-corrected chi connectivity index (χ4v) is 1.73. The molecule has 17 heavy (non-hydrogen) atoms. The highest BCUT2D eigenvalue weighted by Gasteiger charge is 2.10. The van der Waals surface area contributed by atoms with Crippen LogP contribution in [0.5, 0.6) is 5.75 Å². The highest BCUT2D eigenvalue weighted by Crippen LogP contribution is 2.19. The summed E-state index contributed by atoms with van der Waals surface area (Å²) >= 11 is 0. The van der Waals surface area contributed by atoms with E-state index in [1.54, 1.807) is 6.07 Å². The van der Waals surface area contributed by atoms with E-state index >= 15 is 0 Å². The van der Waals surface area contributed by atoms with Gasteiger partial charge < -0.3 is 10.5 Å². The number of benzene rings is 1. The molecular weight excluding hydrogens is 219 g/mol. The lowest BCUT2D eigenvalue weighted by Gasteiger charge is -2.25. The molecule has 0 aliphatic rings. The molecule has 0 radical (unpaired) electrons. The molecule has 3 nitrogen and oxygen atoms in total. The normalized spacial score (nSPS) is 11.2. The predicted molar refractivity (Wildman–Crippen MR) is 67.6 cm³/mol. The Balaban J connectivity index is 2.76. The molecule has 0 heterocycles. The fourth-order valence-electron chi connectivity index (χ4n) is 1.73. The molecule has 0 unspecified atom stereocenters. The third kappa shape index (κ3) is 3.98. The maximum Gasteiger partial charge on any atom is 0.165 e. The van der Waals surface area contributed by atoms with Crippen molar-refractivity contribution < 1.29 is 9.13 Å². The van der Waals surface area contributed by atoms with Crippen molar-refractivity contribution in [1.29, 1.82) is 0 Å². The second-order valence-corrected chi connectivity index (χ2v) is 4.32. The van der Waals surface area contributed by atoms with Gasteiger partial charge in [0.2, 0.25) is 0 Å². The van der Waals surface area contributed by atoms with Gasteiger partial charge in [0.15, 0.2) is 11.6 Å². The molecule has 0 fully saturated rings. The molecule has 2 N–H and O–H groups in total. The molecular formula is C13H21FN2O. The quantitative estimate of drug-likeness (QED) is 0.826. The van der Waals surface area contributed by atoms with E-state index < -0.39 is 0 Å². The molecule has 0 aromatic heterocycles. The average Bonchev–Trinajstić information content (AvgIpc) is 2.28. The molecule has 0 spiro atoms. The monoisotopic (exact) mass is 240 g/mol. The Kier molecular flexibility index (Phi) is 5.38. The Hall–Kier alpha value is -1.13. The standard InChI is InChI=1S/C13H21FN2O/c1-10(2)16(7-6-15)9-11-4-5-13(17-3)12(14)8-11/h4-5,8,10H,6-7,9,15H2,1-3H3. The summed E-state index contributed by atoms with van der Waals surface area (Å²) in [5.74, 6) is -0.0369. The van der Waals surface area contributed by atoms with Crippen molar-refractivity contribution >= 4 is 0 Å². The fraction of sp³-hybridized carbons (Fsp3) is 0.538. The van der Waals surface area contributed by atoms with Crippen molar-refractivity contribution in [2.75, 3.05) is 20.2 Å². The van der Waals surface area contributed by atoms with Gasteiger partial charge in [0.1, 0.15) is 0 Å². The van der Waals surface area contributed by atoms with Crippen LogP contribution in [0.4, 0.5) is 4.39 Å². The lowest BCUT2D eigenvalue weighted by Crippen LogP contribution is -2.34. The van der Waals surface area contributed by atoms with Crippen LogP contribution in [0.15, 0.2) is 18.2 Å². The zero-order valence-electron chi connectivity index (χ0n) is 10.7. The lowest BCUT2D eigenvalue weighted by atomic mass is 10.1. The molecule has 1 aromatic rings. The first-order valence-corrected chi connectivity index (χ1v) is 5.85. The van der Waals surface area contributed by atoms with Gasteiger partial charge in [-0.2, -0.15) is 0 Å². The van der Waals surface area contributed by atoms with Gasteiger partial charge in [-0.3, -0.25) is 4.90 Å². The van der Waals surface area contributed by atoms with E-state index in [0.717, 1.165) is 12.1 Å². The molecule has 96 valence electrons. The number of nitrogens with zero attached hydrogens (tertiary/aromatic N) is 1. The first kappa shape index (κ1) is 13.9. The molecule has 0 aliphatic carbocycles. The first-order chi connectivity index (χ1) is 8.08. The van der Waals surface area contributed by atoms with Crippen LogP contribution in [0, 0.1) is 5.82 Å². The zero-order chi connectivity index (χ0) is 12.8. The van der Waals surface area contributed by atoms with E-state index in [0.29, 0.717) is 19.1 Å². The summed E-state index contributed by atoms with van der Waals surface area (Å²) in [5, 5.41) is 0. The number of hydrogen-bond donors (Lipinski definition) is 1. The van der Waals surface area contributed by atoms with Crippen LogP contribution in [0.1, 0.15) is 19.4 Å². The molecule has 0 saturated carbocycles. The lowest BCUT2D eigenvalue weighted by molar-refractivity contribution is 0.219. The van der Waals surface area contributed by atoms with E-state index in [-0.39, 0.29) is 11.6 Å². The summed E-state index contributed by atoms with van der Waals surface area (Å²) in [4.78, 5) is 2.21. The number of ether oxygens (including phenoxy) is 1. The van der Waals surface area contributed by atoms with Gasteiger partial charge in [0.25, 0.3) is 0 Å². The van der Waals surface area contributed by atoms with Crippen molar-refractivity contribution in [3.05, 3.63) is 29.6 Å². The Morgan fingerprint density at radius 1 is 1.41 bits per heavy atom. The molecule has 0 bridgehead atoms. The topological polar surface area (TPSA) is 38.5 Å². The minimum Gasteiger partial charge on any atom is -0.494 e. The van der Waals surface area contributed by atoms with Crippen LogP contribution >= 0.6 is 0 Å². The van der Waals surface area contributed by atoms with E-state index in [1.165, 1.54) is 13.2 Å². The van der Waals surface area contributed by atoms with E-state index in [2.05, 4.69) is 18.7 Å². The van der Waals surface area contributed by atoms with Gasteiger partial charge in [-0.1, -0.05) is 6.07 Å². The summed E-state index contributed by atoms with van der Waals surface area (Å²) in [6.45, 7) is 6.34. The van der Waals surface area contributed by atoms with Crippen LogP contribution < -0.4 is 10.5 Å². The smallest absolute Gasteiger partial charge is 0.165 e. The Morgan fingerprint density at radius 3 is 2.59 bits per heavy atom. The van der Waals surface area contributed by atoms with Gasteiger partial charge in [-0.05, 0) is 31.5 Å². The van der Waals surface area contributed by atoms with Crippen LogP contribution in [0.25, 0.3) is 0 Å². The van der Waals surface area contributed by atoms with Gasteiger partial charge in [0, 0.05) is 25.7 Å². The van der Waals surface area contributed by atoms with Crippen molar-refractivity contribution in [2.45, 2.75) is 26.4 Å². The summed E-state index contributed by atoms with van der Waals surface area (Å²) in [6.07, 6.45) is 0. The Bertz CT molecular complexity index is 355. The summed E-state index contributed by atoms with van der Waals surface area (Å²) in [5.41, 5.74) is 6.50. The highest BCUT2D eigenvalue weighted by molar-refractivity contribution is 5.29. The molecule has 4 heteroatoms. The third-order valence-electron chi connectivity index (χ3n) is 2.75. The molecule has 1 rings (SSSR count). The molecule has 0 amide bonds. The van der Waals surface area contributed by atoms with Crippen LogP contribution in [0.2, 0.25) is 0 Å². The zero-order valence-corrected chi connectivity index (χ0v) is 10.7. The summed E-state index contributed by atoms with van der Waals surface area (Å²) in [6, 6.07) is 5.45. The van der Waals surface area contributed by atoms with E-state index in [4.69, 9.17) is 10.5 Å². The number of methoxy groups -OCH3 is 1. The second-order valence-electron chi connectivity index (χ2n) is 4.32. The average molecular weight is 240 g/mol. The van der Waals surface area contributed by atoms with Crippen LogP contribution in [0.3, 0.4) is 0 Å². The SMILES string of the molecule is COc1ccc(CN(CCN)C(C)C)cc1F. The van der Waals surface area contributed by atoms with Gasteiger partial charge >= 0.3 is 0 Å². The maximum absolute atomic E-state index is 13.5. The maximum atomic E-state index is 13.5. The number of rotatable bonds is 6.